The molecule has 0 saturated heterocycles. The highest BCUT2D eigenvalue weighted by atomic mass is 16.4. The highest BCUT2D eigenvalue weighted by Gasteiger charge is 2.23. The second-order valence-corrected chi connectivity index (χ2v) is 3.81. The number of aromatic nitrogens is 1. The number of aliphatic carboxylic acids is 2. The van der Waals surface area contributed by atoms with Crippen molar-refractivity contribution in [2.24, 2.45) is 0 Å². The van der Waals surface area contributed by atoms with E-state index in [-0.39, 0.29) is 0 Å². The quantitative estimate of drug-likeness (QED) is 0.751. The number of carbonyl (C=O) groups is 2. The Kier molecular flexibility index (Phi) is 2.82. The van der Waals surface area contributed by atoms with E-state index < -0.39 is 24.3 Å². The number of carboxylic acids is 2. The number of hydrogen-bond donors (Lipinski definition) is 3. The molecular formula is C12H11NO4. The van der Waals surface area contributed by atoms with Gasteiger partial charge in [-0.2, -0.15) is 0 Å². The average molecular weight is 233 g/mol. The smallest absolute Gasteiger partial charge is 0.311 e. The molecule has 0 aliphatic rings. The summed E-state index contributed by atoms with van der Waals surface area (Å²) < 4.78 is 0. The number of H-pyrrole nitrogens is 1. The first-order valence-corrected chi connectivity index (χ1v) is 5.09. The molecule has 88 valence electrons. The summed E-state index contributed by atoms with van der Waals surface area (Å²) in [5, 5.41) is 18.7. The third-order valence-electron chi connectivity index (χ3n) is 2.66. The van der Waals surface area contributed by atoms with Crippen LogP contribution in [-0.4, -0.2) is 27.1 Å². The number of carboxylic acid groups (broad SMARTS) is 2. The normalized spacial score (nSPS) is 12.5. The molecule has 0 aliphatic heterocycles. The van der Waals surface area contributed by atoms with Gasteiger partial charge in [0.2, 0.25) is 0 Å². The molecule has 17 heavy (non-hydrogen) atoms. The maximum atomic E-state index is 11.0. The fourth-order valence-corrected chi connectivity index (χ4v) is 1.80. The Labute approximate surface area is 96.7 Å². The van der Waals surface area contributed by atoms with Crippen LogP contribution in [0.2, 0.25) is 0 Å². The lowest BCUT2D eigenvalue weighted by atomic mass is 9.95. The Balaban J connectivity index is 2.40. The average Bonchev–Trinajstić information content (AvgIpc) is 2.72. The van der Waals surface area contributed by atoms with Crippen LogP contribution in [0.1, 0.15) is 17.9 Å². The van der Waals surface area contributed by atoms with E-state index in [1.807, 2.05) is 6.07 Å². The molecule has 0 aliphatic carbocycles. The largest absolute Gasteiger partial charge is 0.481 e. The second kappa shape index (κ2) is 4.29. The molecule has 1 aromatic carbocycles. The molecule has 0 bridgehead atoms. The molecule has 1 unspecified atom stereocenters. The minimum Gasteiger partial charge on any atom is -0.481 e. The van der Waals surface area contributed by atoms with E-state index in [1.54, 1.807) is 24.4 Å². The minimum absolute atomic E-state index is 0.415. The second-order valence-electron chi connectivity index (χ2n) is 3.81. The summed E-state index contributed by atoms with van der Waals surface area (Å²) in [6.45, 7) is 0. The lowest BCUT2D eigenvalue weighted by molar-refractivity contribution is -0.145. The van der Waals surface area contributed by atoms with Gasteiger partial charge in [0.25, 0.3) is 0 Å². The monoisotopic (exact) mass is 233 g/mol. The summed E-state index contributed by atoms with van der Waals surface area (Å²) >= 11 is 0. The SMILES string of the molecule is O=C(O)CC(C(=O)O)c1ccc2cc[nH]c2c1. The third-order valence-corrected chi connectivity index (χ3v) is 2.66. The highest BCUT2D eigenvalue weighted by molar-refractivity contribution is 5.85. The lowest BCUT2D eigenvalue weighted by Crippen LogP contribution is -2.15. The summed E-state index contributed by atoms with van der Waals surface area (Å²) in [6.07, 6.45) is 1.34. The first-order valence-electron chi connectivity index (χ1n) is 5.09. The molecule has 0 fully saturated rings. The van der Waals surface area contributed by atoms with E-state index in [1.165, 1.54) is 0 Å². The van der Waals surface area contributed by atoms with Gasteiger partial charge in [0.1, 0.15) is 0 Å². The van der Waals surface area contributed by atoms with E-state index in [4.69, 9.17) is 10.2 Å². The van der Waals surface area contributed by atoms with Crippen molar-refractivity contribution in [2.45, 2.75) is 12.3 Å². The van der Waals surface area contributed by atoms with Crippen molar-refractivity contribution >= 4 is 22.8 Å². The summed E-state index contributed by atoms with van der Waals surface area (Å²) in [4.78, 5) is 24.6. The van der Waals surface area contributed by atoms with Crippen LogP contribution >= 0.6 is 0 Å². The fourth-order valence-electron chi connectivity index (χ4n) is 1.80. The molecule has 0 radical (unpaired) electrons. The number of aromatic amines is 1. The molecule has 1 atom stereocenters. The van der Waals surface area contributed by atoms with Gasteiger partial charge in [-0.05, 0) is 23.1 Å². The van der Waals surface area contributed by atoms with Crippen molar-refractivity contribution in [2.75, 3.05) is 0 Å². The Morgan fingerprint density at radius 2 is 2.00 bits per heavy atom. The van der Waals surface area contributed by atoms with E-state index in [9.17, 15) is 9.59 Å². The standard InChI is InChI=1S/C12H11NO4/c14-11(15)6-9(12(16)17)8-2-1-7-3-4-13-10(7)5-8/h1-5,9,13H,6H2,(H,14,15)(H,16,17). The number of rotatable bonds is 4. The number of fused-ring (bicyclic) bond motifs is 1. The third kappa shape index (κ3) is 2.28. The summed E-state index contributed by atoms with van der Waals surface area (Å²) in [5.41, 5.74) is 1.30. The molecule has 1 aromatic heterocycles. The van der Waals surface area contributed by atoms with Crippen molar-refractivity contribution in [1.82, 2.24) is 4.98 Å². The molecule has 3 N–H and O–H groups in total. The molecule has 5 heteroatoms. The molecule has 1 heterocycles. The van der Waals surface area contributed by atoms with Gasteiger partial charge >= 0.3 is 11.9 Å². The fraction of sp³-hybridized carbons (Fsp3) is 0.167. The summed E-state index contributed by atoms with van der Waals surface area (Å²) in [7, 11) is 0. The molecule has 5 nitrogen and oxygen atoms in total. The lowest BCUT2D eigenvalue weighted by Gasteiger charge is -2.10. The van der Waals surface area contributed by atoms with Gasteiger partial charge in [0.15, 0.2) is 0 Å². The zero-order valence-electron chi connectivity index (χ0n) is 8.88. The van der Waals surface area contributed by atoms with Crippen molar-refractivity contribution < 1.29 is 19.8 Å². The van der Waals surface area contributed by atoms with Crippen LogP contribution in [0, 0.1) is 0 Å². The van der Waals surface area contributed by atoms with Crippen LogP contribution in [0.25, 0.3) is 10.9 Å². The van der Waals surface area contributed by atoms with Gasteiger partial charge in [-0.15, -0.1) is 0 Å². The molecular weight excluding hydrogens is 222 g/mol. The highest BCUT2D eigenvalue weighted by Crippen LogP contribution is 2.24. The summed E-state index contributed by atoms with van der Waals surface area (Å²) in [5.74, 6) is -3.26. The van der Waals surface area contributed by atoms with Crippen LogP contribution in [0.4, 0.5) is 0 Å². The predicted molar refractivity (Wildman–Crippen MR) is 60.9 cm³/mol. The Morgan fingerprint density at radius 3 is 2.65 bits per heavy atom. The number of benzene rings is 1. The Morgan fingerprint density at radius 1 is 1.24 bits per heavy atom. The zero-order chi connectivity index (χ0) is 12.4. The summed E-state index contributed by atoms with van der Waals surface area (Å²) in [6, 6.07) is 6.97. The maximum absolute atomic E-state index is 11.0. The van der Waals surface area contributed by atoms with Gasteiger partial charge in [-0.1, -0.05) is 12.1 Å². The van der Waals surface area contributed by atoms with Gasteiger partial charge < -0.3 is 15.2 Å². The number of nitrogens with one attached hydrogen (secondary N) is 1. The van der Waals surface area contributed by atoms with E-state index in [2.05, 4.69) is 4.98 Å². The van der Waals surface area contributed by atoms with Crippen molar-refractivity contribution in [1.29, 1.82) is 0 Å². The predicted octanol–water partition coefficient (Wildman–Crippen LogP) is 1.81. The minimum atomic E-state index is -1.13. The van der Waals surface area contributed by atoms with Gasteiger partial charge in [0, 0.05) is 11.7 Å². The molecule has 0 saturated carbocycles. The van der Waals surface area contributed by atoms with E-state index in [0.717, 1.165) is 10.9 Å². The van der Waals surface area contributed by atoms with Gasteiger partial charge in [-0.3, -0.25) is 9.59 Å². The van der Waals surface area contributed by atoms with Crippen molar-refractivity contribution in [3.05, 3.63) is 36.0 Å². The molecule has 0 spiro atoms. The number of hydrogen-bond acceptors (Lipinski definition) is 2. The molecule has 2 rings (SSSR count). The van der Waals surface area contributed by atoms with Crippen molar-refractivity contribution in [3.63, 3.8) is 0 Å². The first kappa shape index (κ1) is 11.2. The zero-order valence-corrected chi connectivity index (χ0v) is 8.88. The Hall–Kier alpha value is -2.30. The molecule has 2 aromatic rings. The first-order chi connectivity index (χ1) is 8.08. The van der Waals surface area contributed by atoms with Crippen LogP contribution in [0.5, 0.6) is 0 Å². The van der Waals surface area contributed by atoms with Crippen LogP contribution < -0.4 is 0 Å². The topological polar surface area (TPSA) is 90.4 Å². The molecule has 0 amide bonds. The van der Waals surface area contributed by atoms with Crippen LogP contribution in [-0.2, 0) is 9.59 Å². The van der Waals surface area contributed by atoms with E-state index in [0.29, 0.717) is 5.56 Å². The van der Waals surface area contributed by atoms with Crippen LogP contribution in [0.15, 0.2) is 30.5 Å². The van der Waals surface area contributed by atoms with Gasteiger partial charge in [0.05, 0.1) is 12.3 Å². The van der Waals surface area contributed by atoms with E-state index >= 15 is 0 Å². The maximum Gasteiger partial charge on any atom is 0.311 e. The van der Waals surface area contributed by atoms with Crippen molar-refractivity contribution in [3.8, 4) is 0 Å². The van der Waals surface area contributed by atoms with Gasteiger partial charge in [-0.25, -0.2) is 0 Å². The Bertz CT molecular complexity index is 573. The van der Waals surface area contributed by atoms with Crippen LogP contribution in [0.3, 0.4) is 0 Å².